The van der Waals surface area contributed by atoms with Crippen LogP contribution in [-0.2, 0) is 11.3 Å². The van der Waals surface area contributed by atoms with Gasteiger partial charge >= 0.3 is 0 Å². The molecular formula is C28H33NO3. The third kappa shape index (κ3) is 6.36. The number of carbonyl (C=O) groups is 1. The Bertz CT molecular complexity index is 983. The Morgan fingerprint density at radius 3 is 2.19 bits per heavy atom. The Morgan fingerprint density at radius 2 is 1.56 bits per heavy atom. The Hall–Kier alpha value is -3.27. The zero-order valence-electron chi connectivity index (χ0n) is 19.5. The van der Waals surface area contributed by atoms with Gasteiger partial charge in [0.05, 0.1) is 13.2 Å². The lowest BCUT2D eigenvalue weighted by atomic mass is 9.87. The van der Waals surface area contributed by atoms with Gasteiger partial charge in [-0.3, -0.25) is 4.79 Å². The van der Waals surface area contributed by atoms with Crippen LogP contribution in [0.5, 0.6) is 11.5 Å². The van der Waals surface area contributed by atoms with Gasteiger partial charge in [0, 0.05) is 31.5 Å². The summed E-state index contributed by atoms with van der Waals surface area (Å²) in [6.07, 6.45) is 0.921. The van der Waals surface area contributed by atoms with E-state index in [9.17, 15) is 4.79 Å². The lowest BCUT2D eigenvalue weighted by Crippen LogP contribution is -2.30. The molecule has 1 atom stereocenters. The molecule has 0 N–H and O–H groups in total. The van der Waals surface area contributed by atoms with Crippen molar-refractivity contribution in [1.82, 2.24) is 4.90 Å². The molecular weight excluding hydrogens is 398 g/mol. The first-order valence-corrected chi connectivity index (χ1v) is 11.2. The predicted octanol–water partition coefficient (Wildman–Crippen LogP) is 6.05. The van der Waals surface area contributed by atoms with Gasteiger partial charge in [-0.15, -0.1) is 0 Å². The summed E-state index contributed by atoms with van der Waals surface area (Å²) in [5, 5.41) is 0. The third-order valence-corrected chi connectivity index (χ3v) is 5.52. The smallest absolute Gasteiger partial charge is 0.219 e. The quantitative estimate of drug-likeness (QED) is 0.392. The fourth-order valence-corrected chi connectivity index (χ4v) is 3.94. The van der Waals surface area contributed by atoms with E-state index in [1.807, 2.05) is 67.3 Å². The first kappa shape index (κ1) is 23.4. The van der Waals surface area contributed by atoms with Gasteiger partial charge in [-0.1, -0.05) is 60.7 Å². The van der Waals surface area contributed by atoms with Crippen molar-refractivity contribution in [3.63, 3.8) is 0 Å². The standard InChI is InChI=1S/C28H33NO3/c1-21(2)32-25-16-14-24(15-17-25)26(27-12-8-9-13-28(27)31-4)18-19-29(22(3)30)20-23-10-6-5-7-11-23/h5-17,21,26H,18-20H2,1-4H3. The van der Waals surface area contributed by atoms with Crippen LogP contribution < -0.4 is 9.47 Å². The highest BCUT2D eigenvalue weighted by Crippen LogP contribution is 2.35. The Kier molecular flexibility index (Phi) is 8.32. The highest BCUT2D eigenvalue weighted by atomic mass is 16.5. The number of benzene rings is 3. The van der Waals surface area contributed by atoms with Crippen molar-refractivity contribution < 1.29 is 14.3 Å². The zero-order chi connectivity index (χ0) is 22.9. The molecule has 1 unspecified atom stereocenters. The summed E-state index contributed by atoms with van der Waals surface area (Å²) < 4.78 is 11.5. The average molecular weight is 432 g/mol. The molecule has 0 saturated heterocycles. The van der Waals surface area contributed by atoms with Crippen molar-refractivity contribution in [2.75, 3.05) is 13.7 Å². The molecule has 0 aliphatic rings. The number of carbonyl (C=O) groups excluding carboxylic acids is 1. The minimum absolute atomic E-state index is 0.0771. The van der Waals surface area contributed by atoms with E-state index in [4.69, 9.17) is 9.47 Å². The van der Waals surface area contributed by atoms with Gasteiger partial charge in [-0.25, -0.2) is 0 Å². The first-order chi connectivity index (χ1) is 15.5. The number of ether oxygens (including phenoxy) is 2. The van der Waals surface area contributed by atoms with E-state index in [-0.39, 0.29) is 17.9 Å². The third-order valence-electron chi connectivity index (χ3n) is 5.52. The molecule has 0 bridgehead atoms. The molecule has 0 fully saturated rings. The molecule has 0 aromatic heterocycles. The minimum Gasteiger partial charge on any atom is -0.496 e. The molecule has 0 aliphatic carbocycles. The van der Waals surface area contributed by atoms with Crippen LogP contribution in [0.2, 0.25) is 0 Å². The number of nitrogens with zero attached hydrogens (tertiary/aromatic N) is 1. The second-order valence-electron chi connectivity index (χ2n) is 8.25. The molecule has 3 rings (SSSR count). The summed E-state index contributed by atoms with van der Waals surface area (Å²) >= 11 is 0. The van der Waals surface area contributed by atoms with Gasteiger partial charge in [0.2, 0.25) is 5.91 Å². The van der Waals surface area contributed by atoms with Crippen molar-refractivity contribution in [2.45, 2.75) is 45.8 Å². The van der Waals surface area contributed by atoms with Gasteiger partial charge in [-0.05, 0) is 49.6 Å². The number of amides is 1. The van der Waals surface area contributed by atoms with Crippen LogP contribution in [-0.4, -0.2) is 30.6 Å². The van der Waals surface area contributed by atoms with Crippen LogP contribution in [0.25, 0.3) is 0 Å². The summed E-state index contributed by atoms with van der Waals surface area (Å²) in [6.45, 7) is 6.94. The van der Waals surface area contributed by atoms with Gasteiger partial charge in [0.15, 0.2) is 0 Å². The molecule has 0 spiro atoms. The average Bonchev–Trinajstić information content (AvgIpc) is 2.80. The maximum absolute atomic E-state index is 12.4. The van der Waals surface area contributed by atoms with Crippen molar-refractivity contribution in [3.8, 4) is 11.5 Å². The fraction of sp³-hybridized carbons (Fsp3) is 0.321. The number of hydrogen-bond donors (Lipinski definition) is 0. The van der Waals surface area contributed by atoms with E-state index in [2.05, 4.69) is 30.3 Å². The maximum atomic E-state index is 12.4. The maximum Gasteiger partial charge on any atom is 0.219 e. The molecule has 3 aromatic rings. The number of methoxy groups -OCH3 is 1. The summed E-state index contributed by atoms with van der Waals surface area (Å²) in [7, 11) is 1.70. The Balaban J connectivity index is 1.86. The largest absolute Gasteiger partial charge is 0.496 e. The van der Waals surface area contributed by atoms with E-state index >= 15 is 0 Å². The Labute approximate surface area is 191 Å². The van der Waals surface area contributed by atoms with Crippen LogP contribution in [0.3, 0.4) is 0 Å². The van der Waals surface area contributed by atoms with Crippen LogP contribution >= 0.6 is 0 Å². The van der Waals surface area contributed by atoms with E-state index < -0.39 is 0 Å². The zero-order valence-corrected chi connectivity index (χ0v) is 19.5. The molecule has 0 heterocycles. The number of para-hydroxylation sites is 1. The predicted molar refractivity (Wildman–Crippen MR) is 129 cm³/mol. The topological polar surface area (TPSA) is 38.8 Å². The van der Waals surface area contributed by atoms with E-state index in [1.54, 1.807) is 14.0 Å². The summed E-state index contributed by atoms with van der Waals surface area (Å²) in [4.78, 5) is 14.3. The van der Waals surface area contributed by atoms with Gasteiger partial charge in [-0.2, -0.15) is 0 Å². The molecule has 168 valence electrons. The van der Waals surface area contributed by atoms with Crippen molar-refractivity contribution >= 4 is 5.91 Å². The SMILES string of the molecule is COc1ccccc1C(CCN(Cc1ccccc1)C(C)=O)c1ccc(OC(C)C)cc1. The Morgan fingerprint density at radius 1 is 0.906 bits per heavy atom. The van der Waals surface area contributed by atoms with Crippen molar-refractivity contribution in [3.05, 3.63) is 95.6 Å². The number of rotatable bonds is 10. The normalized spacial score (nSPS) is 11.8. The lowest BCUT2D eigenvalue weighted by Gasteiger charge is -2.26. The molecule has 0 saturated carbocycles. The van der Waals surface area contributed by atoms with Crippen LogP contribution in [0, 0.1) is 0 Å². The van der Waals surface area contributed by atoms with E-state index in [0.717, 1.165) is 29.0 Å². The van der Waals surface area contributed by atoms with Gasteiger partial charge in [0.1, 0.15) is 11.5 Å². The fourth-order valence-electron chi connectivity index (χ4n) is 3.94. The molecule has 0 aliphatic heterocycles. The minimum atomic E-state index is 0.0771. The van der Waals surface area contributed by atoms with Crippen molar-refractivity contribution in [2.24, 2.45) is 0 Å². The van der Waals surface area contributed by atoms with Crippen LogP contribution in [0.15, 0.2) is 78.9 Å². The number of hydrogen-bond acceptors (Lipinski definition) is 3. The first-order valence-electron chi connectivity index (χ1n) is 11.2. The summed E-state index contributed by atoms with van der Waals surface area (Å²) in [5.41, 5.74) is 3.43. The van der Waals surface area contributed by atoms with Crippen LogP contribution in [0.1, 0.15) is 49.8 Å². The molecule has 32 heavy (non-hydrogen) atoms. The second kappa shape index (κ2) is 11.4. The van der Waals surface area contributed by atoms with Gasteiger partial charge < -0.3 is 14.4 Å². The highest BCUT2D eigenvalue weighted by Gasteiger charge is 2.21. The molecule has 4 heteroatoms. The lowest BCUT2D eigenvalue weighted by molar-refractivity contribution is -0.129. The van der Waals surface area contributed by atoms with E-state index in [1.165, 1.54) is 5.56 Å². The second-order valence-corrected chi connectivity index (χ2v) is 8.25. The molecule has 1 amide bonds. The molecule has 3 aromatic carbocycles. The summed E-state index contributed by atoms with van der Waals surface area (Å²) in [5.74, 6) is 1.89. The van der Waals surface area contributed by atoms with Gasteiger partial charge in [0.25, 0.3) is 0 Å². The van der Waals surface area contributed by atoms with E-state index in [0.29, 0.717) is 13.1 Å². The highest BCUT2D eigenvalue weighted by molar-refractivity contribution is 5.73. The summed E-state index contributed by atoms with van der Waals surface area (Å²) in [6, 6.07) is 26.5. The molecule has 0 radical (unpaired) electrons. The monoisotopic (exact) mass is 431 g/mol. The van der Waals surface area contributed by atoms with Crippen LogP contribution in [0.4, 0.5) is 0 Å². The van der Waals surface area contributed by atoms with Crippen molar-refractivity contribution in [1.29, 1.82) is 0 Å². The molecule has 4 nitrogen and oxygen atoms in total.